The summed E-state index contributed by atoms with van der Waals surface area (Å²) < 4.78 is 0. The fraction of sp³-hybridized carbons (Fsp3) is 0.833. The van der Waals surface area contributed by atoms with Crippen LogP contribution < -0.4 is 0 Å². The Morgan fingerprint density at radius 2 is 2.00 bits per heavy atom. The van der Waals surface area contributed by atoms with Gasteiger partial charge in [-0.15, -0.1) is 0 Å². The first-order valence-electron chi connectivity index (χ1n) is 5.98. The molecule has 98 valence electrons. The van der Waals surface area contributed by atoms with Gasteiger partial charge in [0.25, 0.3) is 0 Å². The molecule has 1 heterocycles. The van der Waals surface area contributed by atoms with Gasteiger partial charge in [0.05, 0.1) is 12.5 Å². The van der Waals surface area contributed by atoms with Crippen molar-refractivity contribution in [1.29, 1.82) is 0 Å². The molecule has 1 fully saturated rings. The monoisotopic (exact) mass is 243 g/mol. The van der Waals surface area contributed by atoms with Gasteiger partial charge in [-0.25, -0.2) is 0 Å². The Hall–Kier alpha value is -1.10. The molecule has 5 nitrogen and oxygen atoms in total. The van der Waals surface area contributed by atoms with E-state index in [4.69, 9.17) is 5.11 Å². The number of nitrogens with zero attached hydrogens (tertiary/aromatic N) is 1. The number of aliphatic hydroxyl groups is 1. The molecule has 0 aromatic heterocycles. The second-order valence-corrected chi connectivity index (χ2v) is 5.55. The summed E-state index contributed by atoms with van der Waals surface area (Å²) in [5.41, 5.74) is -0.536. The first-order valence-corrected chi connectivity index (χ1v) is 5.98. The largest absolute Gasteiger partial charge is 0.481 e. The maximum absolute atomic E-state index is 12.0. The van der Waals surface area contributed by atoms with E-state index in [1.54, 1.807) is 18.7 Å². The zero-order valence-electron chi connectivity index (χ0n) is 10.5. The zero-order valence-corrected chi connectivity index (χ0v) is 10.5. The zero-order chi connectivity index (χ0) is 13.1. The standard InChI is InChI=1S/C12H21NO4/c1-12(2,7-11(16)17)6-10(15)13-5-3-4-9(14)8-13/h9,14H,3-8H2,1-2H3,(H,16,17)/t9-/m0/s1. The number of piperidine rings is 1. The van der Waals surface area contributed by atoms with Gasteiger partial charge in [0.2, 0.25) is 5.91 Å². The molecule has 1 saturated heterocycles. The van der Waals surface area contributed by atoms with Crippen LogP contribution in [0.5, 0.6) is 0 Å². The van der Waals surface area contributed by atoms with Gasteiger partial charge in [-0.1, -0.05) is 13.8 Å². The van der Waals surface area contributed by atoms with E-state index in [1.807, 2.05) is 0 Å². The molecule has 17 heavy (non-hydrogen) atoms. The Morgan fingerprint density at radius 3 is 2.53 bits per heavy atom. The topological polar surface area (TPSA) is 77.8 Å². The van der Waals surface area contributed by atoms with Crippen molar-refractivity contribution in [2.45, 2.75) is 45.6 Å². The minimum atomic E-state index is -0.888. The van der Waals surface area contributed by atoms with Crippen LogP contribution in [-0.4, -0.2) is 46.2 Å². The Kier molecular flexibility index (Phi) is 4.51. The highest BCUT2D eigenvalue weighted by atomic mass is 16.4. The summed E-state index contributed by atoms with van der Waals surface area (Å²) in [6, 6.07) is 0. The molecule has 0 saturated carbocycles. The smallest absolute Gasteiger partial charge is 0.303 e. The lowest BCUT2D eigenvalue weighted by atomic mass is 9.85. The number of hydrogen-bond acceptors (Lipinski definition) is 3. The lowest BCUT2D eigenvalue weighted by molar-refractivity contribution is -0.141. The summed E-state index contributed by atoms with van der Waals surface area (Å²) in [5.74, 6) is -0.948. The number of carbonyl (C=O) groups is 2. The highest BCUT2D eigenvalue weighted by Crippen LogP contribution is 2.26. The predicted molar refractivity (Wildman–Crippen MR) is 62.5 cm³/mol. The van der Waals surface area contributed by atoms with Crippen molar-refractivity contribution in [3.63, 3.8) is 0 Å². The molecule has 0 bridgehead atoms. The number of amides is 1. The lowest BCUT2D eigenvalue weighted by Gasteiger charge is -2.32. The number of aliphatic hydroxyl groups excluding tert-OH is 1. The second kappa shape index (κ2) is 5.49. The van der Waals surface area contributed by atoms with Gasteiger partial charge in [-0.3, -0.25) is 9.59 Å². The summed E-state index contributed by atoms with van der Waals surface area (Å²) in [6.45, 7) is 4.60. The van der Waals surface area contributed by atoms with Gasteiger partial charge in [-0.05, 0) is 18.3 Å². The van der Waals surface area contributed by atoms with E-state index in [0.29, 0.717) is 13.1 Å². The van der Waals surface area contributed by atoms with Crippen LogP contribution in [0.25, 0.3) is 0 Å². The third kappa shape index (κ3) is 4.73. The normalized spacial score (nSPS) is 21.4. The molecule has 0 aromatic rings. The van der Waals surface area contributed by atoms with Crippen LogP contribution in [-0.2, 0) is 9.59 Å². The molecule has 5 heteroatoms. The van der Waals surface area contributed by atoms with Crippen molar-refractivity contribution in [3.05, 3.63) is 0 Å². The van der Waals surface area contributed by atoms with Crippen molar-refractivity contribution >= 4 is 11.9 Å². The SMILES string of the molecule is CC(C)(CC(=O)O)CC(=O)N1CCC[C@H](O)C1. The summed E-state index contributed by atoms with van der Waals surface area (Å²) >= 11 is 0. The average molecular weight is 243 g/mol. The minimum absolute atomic E-state index is 0.0187. The van der Waals surface area contributed by atoms with E-state index in [1.165, 1.54) is 0 Å². The Balaban J connectivity index is 2.50. The average Bonchev–Trinajstić information content (AvgIpc) is 2.14. The number of carbonyl (C=O) groups excluding carboxylic acids is 1. The molecule has 0 radical (unpaired) electrons. The Morgan fingerprint density at radius 1 is 1.35 bits per heavy atom. The molecular weight excluding hydrogens is 222 g/mol. The highest BCUT2D eigenvalue weighted by Gasteiger charge is 2.29. The number of carboxylic acids is 1. The van der Waals surface area contributed by atoms with Crippen LogP contribution in [0.3, 0.4) is 0 Å². The van der Waals surface area contributed by atoms with E-state index in [0.717, 1.165) is 12.8 Å². The molecule has 2 N–H and O–H groups in total. The summed E-state index contributed by atoms with van der Waals surface area (Å²) in [4.78, 5) is 24.3. The fourth-order valence-corrected chi connectivity index (χ4v) is 2.17. The van der Waals surface area contributed by atoms with Gasteiger partial charge in [-0.2, -0.15) is 0 Å². The van der Waals surface area contributed by atoms with Crippen molar-refractivity contribution in [1.82, 2.24) is 4.90 Å². The van der Waals surface area contributed by atoms with E-state index in [2.05, 4.69) is 0 Å². The molecule has 1 atom stereocenters. The number of carboxylic acid groups (broad SMARTS) is 1. The molecule has 1 amide bonds. The number of aliphatic carboxylic acids is 1. The van der Waals surface area contributed by atoms with Crippen LogP contribution in [0.4, 0.5) is 0 Å². The third-order valence-corrected chi connectivity index (χ3v) is 3.01. The maximum atomic E-state index is 12.0. The Labute approximate surface area is 101 Å². The van der Waals surface area contributed by atoms with Gasteiger partial charge < -0.3 is 15.1 Å². The third-order valence-electron chi connectivity index (χ3n) is 3.01. The van der Waals surface area contributed by atoms with Crippen molar-refractivity contribution in [2.24, 2.45) is 5.41 Å². The molecule has 1 aliphatic heterocycles. The summed E-state index contributed by atoms with van der Waals surface area (Å²) in [7, 11) is 0. The predicted octanol–water partition coefficient (Wildman–Crippen LogP) is 0.861. The number of rotatable bonds is 4. The molecule has 1 aliphatic rings. The van der Waals surface area contributed by atoms with Gasteiger partial charge in [0, 0.05) is 19.5 Å². The van der Waals surface area contributed by atoms with E-state index in [9.17, 15) is 14.7 Å². The number of β-amino-alcohol motifs (C(OH)–C–C–N with tert-alkyl or cyclic N) is 1. The number of hydrogen-bond donors (Lipinski definition) is 2. The van der Waals surface area contributed by atoms with Crippen LogP contribution in [0.1, 0.15) is 39.5 Å². The minimum Gasteiger partial charge on any atom is -0.481 e. The van der Waals surface area contributed by atoms with Crippen molar-refractivity contribution in [2.75, 3.05) is 13.1 Å². The van der Waals surface area contributed by atoms with E-state index >= 15 is 0 Å². The molecule has 0 unspecified atom stereocenters. The highest BCUT2D eigenvalue weighted by molar-refractivity contribution is 5.78. The second-order valence-electron chi connectivity index (χ2n) is 5.55. The summed E-state index contributed by atoms with van der Waals surface area (Å²) in [5, 5.41) is 18.2. The van der Waals surface area contributed by atoms with Gasteiger partial charge in [0.15, 0.2) is 0 Å². The molecule has 1 rings (SSSR count). The van der Waals surface area contributed by atoms with Crippen LogP contribution >= 0.6 is 0 Å². The number of likely N-dealkylation sites (tertiary alicyclic amines) is 1. The summed E-state index contributed by atoms with van der Waals surface area (Å²) in [6.07, 6.45) is 1.31. The molecule has 0 aliphatic carbocycles. The van der Waals surface area contributed by atoms with Crippen molar-refractivity contribution in [3.8, 4) is 0 Å². The van der Waals surface area contributed by atoms with E-state index < -0.39 is 17.5 Å². The molecule has 0 aromatic carbocycles. The van der Waals surface area contributed by atoms with Gasteiger partial charge >= 0.3 is 5.97 Å². The fourth-order valence-electron chi connectivity index (χ4n) is 2.17. The first kappa shape index (κ1) is 14.0. The lowest BCUT2D eigenvalue weighted by Crippen LogP contribution is -2.43. The molecular formula is C12H21NO4. The van der Waals surface area contributed by atoms with E-state index in [-0.39, 0.29) is 18.7 Å². The first-order chi connectivity index (χ1) is 7.80. The van der Waals surface area contributed by atoms with Crippen LogP contribution in [0.2, 0.25) is 0 Å². The Bertz CT molecular complexity index is 301. The van der Waals surface area contributed by atoms with Crippen LogP contribution in [0, 0.1) is 5.41 Å². The maximum Gasteiger partial charge on any atom is 0.303 e. The quantitative estimate of drug-likeness (QED) is 0.767. The van der Waals surface area contributed by atoms with Crippen LogP contribution in [0.15, 0.2) is 0 Å². The van der Waals surface area contributed by atoms with Gasteiger partial charge in [0.1, 0.15) is 0 Å². The molecule has 0 spiro atoms. The van der Waals surface area contributed by atoms with Crippen molar-refractivity contribution < 1.29 is 19.8 Å².